The maximum Gasteiger partial charge on any atom is 0.416 e. The number of hydrogen-bond donors (Lipinski definition) is 3. The van der Waals surface area contributed by atoms with Gasteiger partial charge >= 0.3 is 6.18 Å². The fourth-order valence-electron chi connectivity index (χ4n) is 2.43. The Hall–Kier alpha value is -4.08. The normalized spacial score (nSPS) is 10.9. The number of rotatable bonds is 4. The van der Waals surface area contributed by atoms with Crippen LogP contribution in [0.4, 0.5) is 18.9 Å². The maximum absolute atomic E-state index is 12.7. The summed E-state index contributed by atoms with van der Waals surface area (Å²) in [6.07, 6.45) is -3.26. The van der Waals surface area contributed by atoms with Crippen LogP contribution in [0, 0.1) is 0 Å². The van der Waals surface area contributed by atoms with Crippen LogP contribution in [-0.4, -0.2) is 17.7 Å². The molecule has 0 aliphatic carbocycles. The number of furan rings is 1. The van der Waals surface area contributed by atoms with Crippen molar-refractivity contribution in [2.45, 2.75) is 6.18 Å². The van der Waals surface area contributed by atoms with Gasteiger partial charge in [0.05, 0.1) is 11.8 Å². The molecule has 0 bridgehead atoms. The number of amides is 3. The van der Waals surface area contributed by atoms with Gasteiger partial charge in [0.2, 0.25) is 0 Å². The van der Waals surface area contributed by atoms with Gasteiger partial charge in [-0.3, -0.25) is 25.2 Å². The molecule has 0 atom stereocenters. The number of nitrogens with one attached hydrogen (secondary N) is 3. The molecular formula is C20H14F3N3O4. The minimum atomic E-state index is -4.60. The highest BCUT2D eigenvalue weighted by Gasteiger charge is 2.30. The average Bonchev–Trinajstić information content (AvgIpc) is 3.26. The monoisotopic (exact) mass is 417 g/mol. The van der Waals surface area contributed by atoms with E-state index in [0.717, 1.165) is 12.1 Å². The highest BCUT2D eigenvalue weighted by atomic mass is 19.4. The first kappa shape index (κ1) is 20.6. The number of carbonyl (C=O) groups excluding carboxylic acids is 3. The molecule has 0 aliphatic heterocycles. The molecule has 0 saturated carbocycles. The molecule has 3 rings (SSSR count). The van der Waals surface area contributed by atoms with Gasteiger partial charge in [0.15, 0.2) is 5.76 Å². The van der Waals surface area contributed by atoms with E-state index in [1.807, 2.05) is 0 Å². The van der Waals surface area contributed by atoms with E-state index >= 15 is 0 Å². The second kappa shape index (κ2) is 8.52. The quantitative estimate of drug-likeness (QED) is 0.565. The lowest BCUT2D eigenvalue weighted by Gasteiger charge is -2.11. The number of alkyl halides is 3. The second-order valence-corrected chi connectivity index (χ2v) is 6.00. The lowest BCUT2D eigenvalue weighted by Crippen LogP contribution is -2.41. The molecule has 0 saturated heterocycles. The third kappa shape index (κ3) is 5.04. The van der Waals surface area contributed by atoms with Crippen LogP contribution in [0.1, 0.15) is 36.8 Å². The molecule has 1 heterocycles. The lowest BCUT2D eigenvalue weighted by atomic mass is 10.1. The van der Waals surface area contributed by atoms with E-state index in [2.05, 4.69) is 16.2 Å². The Balaban J connectivity index is 1.62. The number of benzene rings is 2. The number of anilines is 1. The zero-order valence-electron chi connectivity index (χ0n) is 15.1. The van der Waals surface area contributed by atoms with Crippen LogP contribution in [0.2, 0.25) is 0 Å². The molecule has 0 aliphatic rings. The Morgan fingerprint density at radius 1 is 0.767 bits per heavy atom. The molecule has 1 aromatic heterocycles. The maximum atomic E-state index is 12.7. The van der Waals surface area contributed by atoms with Gasteiger partial charge in [0, 0.05) is 16.8 Å². The first-order valence-corrected chi connectivity index (χ1v) is 8.47. The zero-order valence-corrected chi connectivity index (χ0v) is 15.1. The Kier molecular flexibility index (Phi) is 5.86. The van der Waals surface area contributed by atoms with E-state index in [-0.39, 0.29) is 16.9 Å². The highest BCUT2D eigenvalue weighted by Crippen LogP contribution is 2.29. The fraction of sp³-hybridized carbons (Fsp3) is 0.0500. The Bertz CT molecular complexity index is 1080. The molecule has 0 unspecified atom stereocenters. The van der Waals surface area contributed by atoms with Gasteiger partial charge in [-0.2, -0.15) is 13.2 Å². The van der Waals surface area contributed by atoms with Crippen LogP contribution in [0.15, 0.2) is 71.3 Å². The summed E-state index contributed by atoms with van der Waals surface area (Å²) in [6.45, 7) is 0. The van der Waals surface area contributed by atoms with Gasteiger partial charge in [-0.1, -0.05) is 12.1 Å². The summed E-state index contributed by atoms with van der Waals surface area (Å²) in [6, 6.07) is 12.6. The molecule has 7 nitrogen and oxygen atoms in total. The predicted octanol–water partition coefficient (Wildman–Crippen LogP) is 3.63. The van der Waals surface area contributed by atoms with Crippen molar-refractivity contribution in [1.82, 2.24) is 10.9 Å². The summed E-state index contributed by atoms with van der Waals surface area (Å²) in [5, 5.41) is 2.54. The largest absolute Gasteiger partial charge is 0.459 e. The third-order valence-corrected chi connectivity index (χ3v) is 3.87. The molecule has 0 radical (unpaired) electrons. The smallest absolute Gasteiger partial charge is 0.416 e. The van der Waals surface area contributed by atoms with Crippen molar-refractivity contribution in [2.24, 2.45) is 0 Å². The van der Waals surface area contributed by atoms with Crippen molar-refractivity contribution in [3.63, 3.8) is 0 Å². The van der Waals surface area contributed by atoms with E-state index < -0.39 is 29.5 Å². The summed E-state index contributed by atoms with van der Waals surface area (Å²) < 4.78 is 43.2. The van der Waals surface area contributed by atoms with Crippen LogP contribution in [0.5, 0.6) is 0 Å². The summed E-state index contributed by atoms with van der Waals surface area (Å²) in [5.41, 5.74) is 3.30. The molecule has 30 heavy (non-hydrogen) atoms. The minimum Gasteiger partial charge on any atom is -0.459 e. The third-order valence-electron chi connectivity index (χ3n) is 3.87. The van der Waals surface area contributed by atoms with Crippen molar-refractivity contribution in [3.8, 4) is 0 Å². The van der Waals surface area contributed by atoms with Crippen molar-refractivity contribution in [1.29, 1.82) is 0 Å². The highest BCUT2D eigenvalue weighted by molar-refractivity contribution is 6.03. The van der Waals surface area contributed by atoms with Crippen molar-refractivity contribution in [3.05, 3.63) is 89.4 Å². The summed E-state index contributed by atoms with van der Waals surface area (Å²) in [7, 11) is 0. The number of hydrogen-bond acceptors (Lipinski definition) is 4. The van der Waals surface area contributed by atoms with E-state index in [0.29, 0.717) is 11.8 Å². The van der Waals surface area contributed by atoms with E-state index in [4.69, 9.17) is 4.42 Å². The van der Waals surface area contributed by atoms with Gasteiger partial charge in [0.25, 0.3) is 17.7 Å². The second-order valence-electron chi connectivity index (χ2n) is 6.00. The van der Waals surface area contributed by atoms with Gasteiger partial charge in [-0.25, -0.2) is 0 Å². The SMILES string of the molecule is O=C(NNC(=O)c1cccc(C(F)(F)F)c1)c1cccc(NC(=O)c2ccco2)c1. The van der Waals surface area contributed by atoms with Crippen LogP contribution < -0.4 is 16.2 Å². The van der Waals surface area contributed by atoms with Crippen molar-refractivity contribution < 1.29 is 32.0 Å². The molecule has 0 fully saturated rings. The van der Waals surface area contributed by atoms with E-state index in [9.17, 15) is 27.6 Å². The van der Waals surface area contributed by atoms with Crippen LogP contribution in [0.25, 0.3) is 0 Å². The van der Waals surface area contributed by atoms with Gasteiger partial charge in [-0.15, -0.1) is 0 Å². The number of hydrazine groups is 1. The predicted molar refractivity (Wildman–Crippen MR) is 99.5 cm³/mol. The molecule has 3 aromatic rings. The van der Waals surface area contributed by atoms with Gasteiger partial charge < -0.3 is 9.73 Å². The Morgan fingerprint density at radius 2 is 1.40 bits per heavy atom. The first-order chi connectivity index (χ1) is 14.2. The first-order valence-electron chi connectivity index (χ1n) is 8.47. The summed E-state index contributed by atoms with van der Waals surface area (Å²) in [4.78, 5) is 36.3. The molecule has 154 valence electrons. The molecular weight excluding hydrogens is 403 g/mol. The zero-order chi connectivity index (χ0) is 21.7. The average molecular weight is 417 g/mol. The van der Waals surface area contributed by atoms with Crippen LogP contribution in [0.3, 0.4) is 0 Å². The van der Waals surface area contributed by atoms with Gasteiger partial charge in [0.1, 0.15) is 0 Å². The fourth-order valence-corrected chi connectivity index (χ4v) is 2.43. The van der Waals surface area contributed by atoms with Crippen molar-refractivity contribution >= 4 is 23.4 Å². The Labute approximate surface area is 167 Å². The number of halogens is 3. The van der Waals surface area contributed by atoms with Gasteiger partial charge in [-0.05, 0) is 48.5 Å². The summed E-state index contributed by atoms with van der Waals surface area (Å²) >= 11 is 0. The molecule has 0 spiro atoms. The topological polar surface area (TPSA) is 100 Å². The van der Waals surface area contributed by atoms with E-state index in [1.165, 1.54) is 36.6 Å². The Morgan fingerprint density at radius 3 is 2.00 bits per heavy atom. The molecule has 3 amide bonds. The molecule has 3 N–H and O–H groups in total. The number of carbonyl (C=O) groups is 3. The molecule has 2 aromatic carbocycles. The minimum absolute atomic E-state index is 0.0817. The van der Waals surface area contributed by atoms with Crippen LogP contribution in [-0.2, 0) is 6.18 Å². The van der Waals surface area contributed by atoms with E-state index in [1.54, 1.807) is 12.1 Å². The summed E-state index contributed by atoms with van der Waals surface area (Å²) in [5.74, 6) is -2.09. The van der Waals surface area contributed by atoms with Crippen LogP contribution >= 0.6 is 0 Å². The molecule has 10 heteroatoms. The van der Waals surface area contributed by atoms with Crippen molar-refractivity contribution in [2.75, 3.05) is 5.32 Å². The lowest BCUT2D eigenvalue weighted by molar-refractivity contribution is -0.137. The standard InChI is InChI=1S/C20H14F3N3O4/c21-20(22,23)14-6-1-4-12(10-14)17(27)25-26-18(28)13-5-2-7-15(11-13)24-19(29)16-8-3-9-30-16/h1-11H,(H,24,29)(H,25,27)(H,26,28).